The number of aliphatic carboxylic acids is 1. The van der Waals surface area contributed by atoms with Gasteiger partial charge < -0.3 is 5.11 Å². The Balaban J connectivity index is 2.21. The number of carboxylic acid groups (broad SMARTS) is 1. The second-order valence-electron chi connectivity index (χ2n) is 5.75. The lowest BCUT2D eigenvalue weighted by molar-refractivity contribution is -0.142. The fourth-order valence-corrected chi connectivity index (χ4v) is 4.89. The number of sulfonamides is 1. The lowest BCUT2D eigenvalue weighted by atomic mass is 10.0. The first kappa shape index (κ1) is 17.9. The van der Waals surface area contributed by atoms with E-state index in [-0.39, 0.29) is 23.7 Å². The highest BCUT2D eigenvalue weighted by Gasteiger charge is 2.33. The van der Waals surface area contributed by atoms with Crippen molar-refractivity contribution in [2.24, 2.45) is 5.92 Å². The summed E-state index contributed by atoms with van der Waals surface area (Å²) in [6.45, 7) is 0.250. The average molecular weight is 361 g/mol. The molecule has 7 nitrogen and oxygen atoms in total. The van der Waals surface area contributed by atoms with Crippen LogP contribution in [0.25, 0.3) is 0 Å². The predicted molar refractivity (Wildman–Crippen MR) is 84.1 cm³/mol. The molecular formula is C14H19NO6S2. The SMILES string of the molecule is CS(=O)(=O)Cc1ccc(S(=O)(=O)N2CCCC(C(=O)O)C2)cc1. The van der Waals surface area contributed by atoms with Crippen LogP contribution < -0.4 is 0 Å². The van der Waals surface area contributed by atoms with Crippen molar-refractivity contribution in [1.82, 2.24) is 4.31 Å². The topological polar surface area (TPSA) is 109 Å². The molecule has 0 spiro atoms. The molecule has 0 radical (unpaired) electrons. The van der Waals surface area contributed by atoms with E-state index in [0.29, 0.717) is 18.4 Å². The Morgan fingerprint density at radius 1 is 1.22 bits per heavy atom. The Morgan fingerprint density at radius 2 is 1.83 bits per heavy atom. The molecule has 9 heteroatoms. The maximum atomic E-state index is 12.6. The lowest BCUT2D eigenvalue weighted by Gasteiger charge is -2.29. The standard InChI is InChI=1S/C14H19NO6S2/c1-22(18,19)10-11-4-6-13(7-5-11)23(20,21)15-8-2-3-12(9-15)14(16)17/h4-7,12H,2-3,8-10H2,1H3,(H,16,17). The van der Waals surface area contributed by atoms with Crippen LogP contribution in [0.1, 0.15) is 18.4 Å². The van der Waals surface area contributed by atoms with E-state index in [2.05, 4.69) is 0 Å². The predicted octanol–water partition coefficient (Wildman–Crippen LogP) is 0.716. The number of rotatable bonds is 5. The van der Waals surface area contributed by atoms with Crippen molar-refractivity contribution in [1.29, 1.82) is 0 Å². The molecule has 2 rings (SSSR count). The van der Waals surface area contributed by atoms with Crippen LogP contribution in [0.5, 0.6) is 0 Å². The Kier molecular flexibility index (Phi) is 5.12. The van der Waals surface area contributed by atoms with E-state index in [1.165, 1.54) is 28.6 Å². The van der Waals surface area contributed by atoms with E-state index >= 15 is 0 Å². The molecule has 1 aromatic rings. The van der Waals surface area contributed by atoms with Gasteiger partial charge in [0.1, 0.15) is 0 Å². The van der Waals surface area contributed by atoms with E-state index < -0.39 is 31.7 Å². The van der Waals surface area contributed by atoms with Gasteiger partial charge in [0.05, 0.1) is 16.6 Å². The van der Waals surface area contributed by atoms with Gasteiger partial charge in [-0.2, -0.15) is 4.31 Å². The third-order valence-corrected chi connectivity index (χ3v) is 6.46. The fourth-order valence-electron chi connectivity index (χ4n) is 2.57. The van der Waals surface area contributed by atoms with Crippen LogP contribution in [0.2, 0.25) is 0 Å². The highest BCUT2D eigenvalue weighted by Crippen LogP contribution is 2.24. The van der Waals surface area contributed by atoms with Gasteiger partial charge in [-0.15, -0.1) is 0 Å². The molecule has 1 aromatic carbocycles. The van der Waals surface area contributed by atoms with E-state index in [0.717, 1.165) is 6.26 Å². The zero-order valence-corrected chi connectivity index (χ0v) is 14.3. The summed E-state index contributed by atoms with van der Waals surface area (Å²) in [7, 11) is -6.96. The molecular weight excluding hydrogens is 342 g/mol. The Bertz CT molecular complexity index is 783. The minimum absolute atomic E-state index is 0.0389. The van der Waals surface area contributed by atoms with Crippen LogP contribution >= 0.6 is 0 Å². The molecule has 0 amide bonds. The molecule has 1 unspecified atom stereocenters. The summed E-state index contributed by atoms with van der Waals surface area (Å²) in [6.07, 6.45) is 2.08. The minimum atomic E-state index is -3.77. The Hall–Kier alpha value is -1.45. The van der Waals surface area contributed by atoms with Crippen LogP contribution in [0.4, 0.5) is 0 Å². The third-order valence-electron chi connectivity index (χ3n) is 3.72. The maximum Gasteiger partial charge on any atom is 0.307 e. The van der Waals surface area contributed by atoms with Gasteiger partial charge in [0.15, 0.2) is 9.84 Å². The van der Waals surface area contributed by atoms with Crippen molar-refractivity contribution in [3.8, 4) is 0 Å². The summed E-state index contributed by atoms with van der Waals surface area (Å²) in [4.78, 5) is 11.1. The third kappa shape index (κ3) is 4.52. The monoisotopic (exact) mass is 361 g/mol. The fraction of sp³-hybridized carbons (Fsp3) is 0.500. The number of piperidine rings is 1. The summed E-state index contributed by atoms with van der Waals surface area (Å²) in [6, 6.07) is 5.65. The second kappa shape index (κ2) is 6.58. The molecule has 1 saturated heterocycles. The van der Waals surface area contributed by atoms with Crippen molar-refractivity contribution < 1.29 is 26.7 Å². The van der Waals surface area contributed by atoms with Gasteiger partial charge in [-0.25, -0.2) is 16.8 Å². The van der Waals surface area contributed by atoms with Gasteiger partial charge in [-0.1, -0.05) is 12.1 Å². The summed E-state index contributed by atoms with van der Waals surface area (Å²) < 4.78 is 48.8. The molecule has 1 atom stereocenters. The Labute approximate surface area is 135 Å². The zero-order chi connectivity index (χ0) is 17.3. The van der Waals surface area contributed by atoms with Crippen LogP contribution in [-0.4, -0.2) is 51.6 Å². The van der Waals surface area contributed by atoms with Gasteiger partial charge in [0, 0.05) is 19.3 Å². The van der Waals surface area contributed by atoms with E-state index in [4.69, 9.17) is 5.11 Å². The zero-order valence-electron chi connectivity index (χ0n) is 12.7. The highest BCUT2D eigenvalue weighted by molar-refractivity contribution is 7.90. The van der Waals surface area contributed by atoms with E-state index in [1.807, 2.05) is 0 Å². The summed E-state index contributed by atoms with van der Waals surface area (Å²) in [5.74, 6) is -1.84. The molecule has 1 aliphatic rings. The molecule has 1 fully saturated rings. The number of sulfone groups is 1. The number of nitrogens with zero attached hydrogens (tertiary/aromatic N) is 1. The number of carboxylic acids is 1. The summed E-state index contributed by atoms with van der Waals surface area (Å²) in [5, 5.41) is 9.06. The van der Waals surface area contributed by atoms with E-state index in [9.17, 15) is 21.6 Å². The van der Waals surface area contributed by atoms with Crippen molar-refractivity contribution >= 4 is 25.8 Å². The van der Waals surface area contributed by atoms with Gasteiger partial charge in [-0.3, -0.25) is 4.79 Å². The number of benzene rings is 1. The smallest absolute Gasteiger partial charge is 0.307 e. The van der Waals surface area contributed by atoms with Gasteiger partial charge in [0.25, 0.3) is 0 Å². The van der Waals surface area contributed by atoms with Crippen LogP contribution in [0, 0.1) is 5.92 Å². The first-order chi connectivity index (χ1) is 10.6. The first-order valence-corrected chi connectivity index (χ1v) is 10.6. The molecule has 23 heavy (non-hydrogen) atoms. The second-order valence-corrected chi connectivity index (χ2v) is 9.83. The van der Waals surface area contributed by atoms with Gasteiger partial charge in [0.2, 0.25) is 10.0 Å². The first-order valence-electron chi connectivity index (χ1n) is 7.09. The van der Waals surface area contributed by atoms with Crippen LogP contribution in [0.15, 0.2) is 29.2 Å². The van der Waals surface area contributed by atoms with Crippen LogP contribution in [-0.2, 0) is 30.4 Å². The van der Waals surface area contributed by atoms with Crippen molar-refractivity contribution in [2.75, 3.05) is 19.3 Å². The van der Waals surface area contributed by atoms with E-state index in [1.54, 1.807) is 0 Å². The summed E-state index contributed by atoms with van der Waals surface area (Å²) >= 11 is 0. The molecule has 1 aliphatic heterocycles. The molecule has 0 aliphatic carbocycles. The quantitative estimate of drug-likeness (QED) is 0.827. The molecule has 0 aromatic heterocycles. The normalized spacial score (nSPS) is 20.3. The van der Waals surface area contributed by atoms with Crippen LogP contribution in [0.3, 0.4) is 0 Å². The maximum absolute atomic E-state index is 12.6. The molecule has 0 bridgehead atoms. The minimum Gasteiger partial charge on any atom is -0.481 e. The molecule has 0 saturated carbocycles. The molecule has 1 N–H and O–H groups in total. The number of hydrogen-bond donors (Lipinski definition) is 1. The lowest BCUT2D eigenvalue weighted by Crippen LogP contribution is -2.42. The number of carbonyl (C=O) groups is 1. The van der Waals surface area contributed by atoms with Crippen molar-refractivity contribution in [3.05, 3.63) is 29.8 Å². The highest BCUT2D eigenvalue weighted by atomic mass is 32.2. The van der Waals surface area contributed by atoms with Crippen molar-refractivity contribution in [3.63, 3.8) is 0 Å². The largest absolute Gasteiger partial charge is 0.481 e. The van der Waals surface area contributed by atoms with Gasteiger partial charge in [-0.05, 0) is 30.5 Å². The van der Waals surface area contributed by atoms with Crippen molar-refractivity contribution in [2.45, 2.75) is 23.5 Å². The summed E-state index contributed by atoms with van der Waals surface area (Å²) in [5.41, 5.74) is 0.508. The van der Waals surface area contributed by atoms with Gasteiger partial charge >= 0.3 is 5.97 Å². The number of hydrogen-bond acceptors (Lipinski definition) is 5. The Morgan fingerprint density at radius 3 is 2.35 bits per heavy atom. The molecule has 128 valence electrons. The average Bonchev–Trinajstić information content (AvgIpc) is 2.46. The molecule has 1 heterocycles.